The van der Waals surface area contributed by atoms with Crippen molar-refractivity contribution in [1.82, 2.24) is 9.03 Å². The van der Waals surface area contributed by atoms with E-state index in [0.29, 0.717) is 12.8 Å². The van der Waals surface area contributed by atoms with Gasteiger partial charge in [-0.3, -0.25) is 4.79 Å². The molecule has 1 unspecified atom stereocenters. The molecule has 0 spiro atoms. The van der Waals surface area contributed by atoms with Crippen LogP contribution in [0.2, 0.25) is 0 Å². The predicted octanol–water partition coefficient (Wildman–Crippen LogP) is -0.805. The Morgan fingerprint density at radius 3 is 2.33 bits per heavy atom. The van der Waals surface area contributed by atoms with Crippen LogP contribution < -0.4 is 4.72 Å². The fraction of sp³-hybridized carbons (Fsp3) is 0.909. The summed E-state index contributed by atoms with van der Waals surface area (Å²) in [6.45, 7) is 0.178. The lowest BCUT2D eigenvalue weighted by molar-refractivity contribution is -0.142. The highest BCUT2D eigenvalue weighted by molar-refractivity contribution is 7.92. The Morgan fingerprint density at radius 1 is 1.24 bits per heavy atom. The molecule has 0 aromatic carbocycles. The van der Waals surface area contributed by atoms with Crippen molar-refractivity contribution in [3.8, 4) is 0 Å². The van der Waals surface area contributed by atoms with Gasteiger partial charge in [-0.25, -0.2) is 13.1 Å². The Hall–Kier alpha value is -0.710. The predicted molar refractivity (Wildman–Crippen MR) is 75.7 cm³/mol. The molecule has 0 aliphatic carbocycles. The summed E-state index contributed by atoms with van der Waals surface area (Å²) in [6.07, 6.45) is 1.60. The Labute approximate surface area is 124 Å². The summed E-state index contributed by atoms with van der Waals surface area (Å²) in [5.41, 5.74) is 0. The van der Waals surface area contributed by atoms with Crippen LogP contribution in [0.3, 0.4) is 0 Å². The van der Waals surface area contributed by atoms with Gasteiger partial charge in [0.25, 0.3) is 10.2 Å². The van der Waals surface area contributed by atoms with Crippen LogP contribution in [0.4, 0.5) is 0 Å². The van der Waals surface area contributed by atoms with Crippen molar-refractivity contribution in [2.45, 2.75) is 30.9 Å². The number of rotatable bonds is 5. The lowest BCUT2D eigenvalue weighted by atomic mass is 9.99. The molecule has 2 aliphatic heterocycles. The fourth-order valence-corrected chi connectivity index (χ4v) is 5.88. The van der Waals surface area contributed by atoms with Gasteiger partial charge in [0, 0.05) is 19.6 Å². The van der Waals surface area contributed by atoms with Crippen molar-refractivity contribution in [2.75, 3.05) is 25.4 Å². The molecule has 1 atom stereocenters. The second-order valence-corrected chi connectivity index (χ2v) is 9.65. The monoisotopic (exact) mass is 340 g/mol. The van der Waals surface area contributed by atoms with Crippen molar-refractivity contribution in [3.63, 3.8) is 0 Å². The maximum atomic E-state index is 12.1. The Morgan fingerprint density at radius 2 is 1.86 bits per heavy atom. The van der Waals surface area contributed by atoms with Crippen LogP contribution in [0.15, 0.2) is 0 Å². The lowest BCUT2D eigenvalue weighted by Crippen LogP contribution is -2.48. The molecule has 2 saturated heterocycles. The average molecular weight is 340 g/mol. The van der Waals surface area contributed by atoms with Gasteiger partial charge >= 0.3 is 5.97 Å². The average Bonchev–Trinajstić information content (AvgIpc) is 2.75. The number of carbonyl (C=O) groups is 1. The molecule has 0 bridgehead atoms. The maximum absolute atomic E-state index is 12.1. The van der Waals surface area contributed by atoms with E-state index in [-0.39, 0.29) is 38.2 Å². The first kappa shape index (κ1) is 16.7. The molecule has 0 amide bonds. The summed E-state index contributed by atoms with van der Waals surface area (Å²) in [7, 11) is -6.93. The standard InChI is InChI=1S/C11H20N2O6S2/c14-11(15)9-3-5-13(6-4-9)21(18,19)12-8-10-2-1-7-20(10,16)17/h9-10,12H,1-8H2,(H,14,15). The van der Waals surface area contributed by atoms with Crippen LogP contribution in [0.25, 0.3) is 0 Å². The van der Waals surface area contributed by atoms with Gasteiger partial charge in [0.1, 0.15) is 0 Å². The SMILES string of the molecule is O=C(O)C1CCN(S(=O)(=O)NCC2CCCS2(=O)=O)CC1. The van der Waals surface area contributed by atoms with E-state index in [9.17, 15) is 21.6 Å². The zero-order valence-electron chi connectivity index (χ0n) is 11.6. The largest absolute Gasteiger partial charge is 0.481 e. The van der Waals surface area contributed by atoms with Gasteiger partial charge < -0.3 is 5.11 Å². The Bertz CT molecular complexity index is 592. The minimum absolute atomic E-state index is 0.108. The van der Waals surface area contributed by atoms with E-state index in [1.54, 1.807) is 0 Å². The summed E-state index contributed by atoms with van der Waals surface area (Å²) in [6, 6.07) is 0. The summed E-state index contributed by atoms with van der Waals surface area (Å²) in [4.78, 5) is 10.8. The summed E-state index contributed by atoms with van der Waals surface area (Å²) in [5.74, 6) is -1.30. The fourth-order valence-electron chi connectivity index (χ4n) is 2.72. The number of piperidine rings is 1. The molecule has 0 aromatic heterocycles. The smallest absolute Gasteiger partial charge is 0.306 e. The molecular weight excluding hydrogens is 320 g/mol. The van der Waals surface area contributed by atoms with Crippen molar-refractivity contribution in [1.29, 1.82) is 0 Å². The van der Waals surface area contributed by atoms with Crippen LogP contribution in [-0.2, 0) is 24.8 Å². The molecule has 0 aromatic rings. The number of sulfone groups is 1. The van der Waals surface area contributed by atoms with Crippen molar-refractivity contribution < 1.29 is 26.7 Å². The van der Waals surface area contributed by atoms with E-state index in [2.05, 4.69) is 4.72 Å². The van der Waals surface area contributed by atoms with Gasteiger partial charge in [0.15, 0.2) is 9.84 Å². The third kappa shape index (κ3) is 3.93. The number of hydrogen-bond donors (Lipinski definition) is 2. The van der Waals surface area contributed by atoms with Crippen molar-refractivity contribution >= 4 is 26.0 Å². The molecule has 10 heteroatoms. The quantitative estimate of drug-likeness (QED) is 0.675. The van der Waals surface area contributed by atoms with Crippen LogP contribution in [-0.4, -0.2) is 62.9 Å². The molecular formula is C11H20N2O6S2. The molecule has 21 heavy (non-hydrogen) atoms. The third-order valence-corrected chi connectivity index (χ3v) is 7.95. The van der Waals surface area contributed by atoms with E-state index in [4.69, 9.17) is 5.11 Å². The van der Waals surface area contributed by atoms with E-state index in [0.717, 1.165) is 0 Å². The lowest BCUT2D eigenvalue weighted by Gasteiger charge is -2.29. The van der Waals surface area contributed by atoms with Crippen molar-refractivity contribution in [3.05, 3.63) is 0 Å². The summed E-state index contributed by atoms with van der Waals surface area (Å²) >= 11 is 0. The van der Waals surface area contributed by atoms with Gasteiger partial charge in [0.2, 0.25) is 0 Å². The van der Waals surface area contributed by atoms with Crippen LogP contribution in [0, 0.1) is 5.92 Å². The molecule has 2 aliphatic rings. The van der Waals surface area contributed by atoms with Gasteiger partial charge in [-0.2, -0.15) is 12.7 Å². The topological polar surface area (TPSA) is 121 Å². The highest BCUT2D eigenvalue weighted by Crippen LogP contribution is 2.21. The zero-order valence-corrected chi connectivity index (χ0v) is 13.2. The molecule has 8 nitrogen and oxygen atoms in total. The van der Waals surface area contributed by atoms with Crippen LogP contribution in [0.5, 0.6) is 0 Å². The first-order valence-corrected chi connectivity index (χ1v) is 10.1. The summed E-state index contributed by atoms with van der Waals surface area (Å²) < 4.78 is 51.1. The summed E-state index contributed by atoms with van der Waals surface area (Å²) in [5, 5.41) is 8.23. The van der Waals surface area contributed by atoms with Crippen LogP contribution >= 0.6 is 0 Å². The van der Waals surface area contributed by atoms with Crippen LogP contribution in [0.1, 0.15) is 25.7 Å². The Kier molecular flexibility index (Phi) is 4.91. The molecule has 122 valence electrons. The first-order valence-electron chi connectivity index (χ1n) is 6.91. The zero-order chi connectivity index (χ0) is 15.7. The van der Waals surface area contributed by atoms with Gasteiger partial charge in [-0.05, 0) is 25.7 Å². The molecule has 2 N–H and O–H groups in total. The third-order valence-electron chi connectivity index (χ3n) is 4.10. The van der Waals surface area contributed by atoms with E-state index >= 15 is 0 Å². The van der Waals surface area contributed by atoms with E-state index < -0.39 is 37.2 Å². The first-order chi connectivity index (χ1) is 9.72. The Balaban J connectivity index is 1.90. The van der Waals surface area contributed by atoms with Gasteiger partial charge in [0.05, 0.1) is 16.9 Å². The number of aliphatic carboxylic acids is 1. The highest BCUT2D eigenvalue weighted by Gasteiger charge is 2.35. The van der Waals surface area contributed by atoms with E-state index in [1.807, 2.05) is 0 Å². The maximum Gasteiger partial charge on any atom is 0.306 e. The number of nitrogens with one attached hydrogen (secondary N) is 1. The highest BCUT2D eigenvalue weighted by atomic mass is 32.2. The van der Waals surface area contributed by atoms with Gasteiger partial charge in [-0.1, -0.05) is 0 Å². The minimum atomic E-state index is -3.74. The number of nitrogens with zero attached hydrogens (tertiary/aromatic N) is 1. The van der Waals surface area contributed by atoms with E-state index in [1.165, 1.54) is 4.31 Å². The number of hydrogen-bond acceptors (Lipinski definition) is 5. The second-order valence-electron chi connectivity index (χ2n) is 5.50. The normalized spacial score (nSPS) is 27.7. The molecule has 0 radical (unpaired) electrons. The number of carboxylic acids is 1. The van der Waals surface area contributed by atoms with Gasteiger partial charge in [-0.15, -0.1) is 0 Å². The number of carboxylic acid groups (broad SMARTS) is 1. The molecule has 2 rings (SSSR count). The molecule has 2 fully saturated rings. The second kappa shape index (κ2) is 6.19. The minimum Gasteiger partial charge on any atom is -0.481 e. The molecule has 2 heterocycles. The molecule has 0 saturated carbocycles. The van der Waals surface area contributed by atoms with Crippen molar-refractivity contribution in [2.24, 2.45) is 5.92 Å².